The zero-order valence-corrected chi connectivity index (χ0v) is 16.5. The van der Waals surface area contributed by atoms with E-state index in [2.05, 4.69) is 6.92 Å². The van der Waals surface area contributed by atoms with Gasteiger partial charge in [0.1, 0.15) is 6.61 Å². The Bertz CT molecular complexity index is 396. The molecular formula is C21H38O5. The summed E-state index contributed by atoms with van der Waals surface area (Å²) in [7, 11) is 0. The molecule has 1 aliphatic carbocycles. The maximum Gasteiger partial charge on any atom is 0.309 e. The highest BCUT2D eigenvalue weighted by Gasteiger charge is 2.36. The van der Waals surface area contributed by atoms with Crippen LogP contribution < -0.4 is 0 Å². The normalized spacial score (nSPS) is 21.3. The first-order chi connectivity index (χ1) is 12.6. The molecule has 0 heterocycles. The van der Waals surface area contributed by atoms with Crippen LogP contribution in [-0.4, -0.2) is 34.9 Å². The van der Waals surface area contributed by atoms with E-state index in [9.17, 15) is 19.8 Å². The predicted octanol–water partition coefficient (Wildman–Crippen LogP) is 4.70. The van der Waals surface area contributed by atoms with Crippen molar-refractivity contribution in [2.24, 2.45) is 11.8 Å². The third kappa shape index (κ3) is 9.56. The van der Waals surface area contributed by atoms with Gasteiger partial charge in [0, 0.05) is 0 Å². The Hall–Kier alpha value is -1.10. The maximum absolute atomic E-state index is 12.1. The molecule has 0 aromatic rings. The molecule has 0 saturated heterocycles. The second-order valence-corrected chi connectivity index (χ2v) is 7.74. The van der Waals surface area contributed by atoms with Crippen LogP contribution in [0.4, 0.5) is 0 Å². The molecule has 0 amide bonds. The van der Waals surface area contributed by atoms with E-state index in [1.165, 1.54) is 44.9 Å². The van der Waals surface area contributed by atoms with Gasteiger partial charge in [0.05, 0.1) is 17.9 Å². The molecule has 152 valence electrons. The topological polar surface area (TPSA) is 83.8 Å². The Balaban J connectivity index is 2.07. The first kappa shape index (κ1) is 22.9. The zero-order valence-electron chi connectivity index (χ0n) is 16.5. The number of carboxylic acid groups (broad SMARTS) is 1. The maximum atomic E-state index is 12.1. The number of carbonyl (C=O) groups excluding carboxylic acids is 1. The summed E-state index contributed by atoms with van der Waals surface area (Å²) < 4.78 is 5.20. The van der Waals surface area contributed by atoms with Gasteiger partial charge in [-0.25, -0.2) is 0 Å². The summed E-state index contributed by atoms with van der Waals surface area (Å²) in [5.41, 5.74) is 0. The van der Waals surface area contributed by atoms with Gasteiger partial charge < -0.3 is 14.9 Å². The van der Waals surface area contributed by atoms with E-state index in [1.54, 1.807) is 0 Å². The van der Waals surface area contributed by atoms with E-state index >= 15 is 0 Å². The largest absolute Gasteiger partial charge is 0.481 e. The average Bonchev–Trinajstić information content (AvgIpc) is 2.64. The number of hydrogen-bond donors (Lipinski definition) is 2. The minimum atomic E-state index is -0.915. The van der Waals surface area contributed by atoms with Crippen molar-refractivity contribution >= 4 is 11.9 Å². The highest BCUT2D eigenvalue weighted by atomic mass is 16.5. The van der Waals surface area contributed by atoms with E-state index in [4.69, 9.17) is 4.74 Å². The fraction of sp³-hybridized carbons (Fsp3) is 0.905. The number of aliphatic hydroxyl groups excluding tert-OH is 1. The number of rotatable bonds is 14. The van der Waals surface area contributed by atoms with Crippen LogP contribution in [0, 0.1) is 11.8 Å². The molecular weight excluding hydrogens is 332 g/mol. The van der Waals surface area contributed by atoms with Crippen LogP contribution in [0.15, 0.2) is 0 Å². The van der Waals surface area contributed by atoms with Crippen molar-refractivity contribution < 1.29 is 24.5 Å². The Morgan fingerprint density at radius 2 is 1.46 bits per heavy atom. The number of aliphatic hydroxyl groups is 1. The van der Waals surface area contributed by atoms with Crippen molar-refractivity contribution in [1.29, 1.82) is 0 Å². The summed E-state index contributed by atoms with van der Waals surface area (Å²) in [6.07, 6.45) is 13.9. The van der Waals surface area contributed by atoms with Crippen LogP contribution in [0.1, 0.15) is 96.8 Å². The van der Waals surface area contributed by atoms with Crippen molar-refractivity contribution in [3.05, 3.63) is 0 Å². The van der Waals surface area contributed by atoms with Gasteiger partial charge in [-0.3, -0.25) is 9.59 Å². The lowest BCUT2D eigenvalue weighted by atomic mass is 9.79. The summed E-state index contributed by atoms with van der Waals surface area (Å²) in [5.74, 6) is -2.56. The molecule has 3 unspecified atom stereocenters. The van der Waals surface area contributed by atoms with Crippen LogP contribution in [0.3, 0.4) is 0 Å². The summed E-state index contributed by atoms with van der Waals surface area (Å²) in [6, 6.07) is 0. The van der Waals surface area contributed by atoms with Crippen LogP contribution >= 0.6 is 0 Å². The molecule has 0 aliphatic heterocycles. The van der Waals surface area contributed by atoms with E-state index in [0.717, 1.165) is 25.7 Å². The van der Waals surface area contributed by atoms with Crippen LogP contribution in [-0.2, 0) is 14.3 Å². The smallest absolute Gasteiger partial charge is 0.309 e. The molecule has 1 saturated carbocycles. The summed E-state index contributed by atoms with van der Waals surface area (Å²) in [6.45, 7) is 2.21. The first-order valence-corrected chi connectivity index (χ1v) is 10.6. The number of hydrogen-bond acceptors (Lipinski definition) is 4. The third-order valence-electron chi connectivity index (χ3n) is 5.44. The van der Waals surface area contributed by atoms with E-state index in [1.807, 2.05) is 0 Å². The van der Waals surface area contributed by atoms with E-state index in [0.29, 0.717) is 19.3 Å². The van der Waals surface area contributed by atoms with Gasteiger partial charge in [0.25, 0.3) is 0 Å². The molecule has 0 bridgehead atoms. The highest BCUT2D eigenvalue weighted by molar-refractivity contribution is 5.81. The molecule has 1 fully saturated rings. The molecule has 1 aliphatic rings. The second kappa shape index (κ2) is 14.0. The Kier molecular flexibility index (Phi) is 12.4. The summed E-state index contributed by atoms with van der Waals surface area (Å²) >= 11 is 0. The van der Waals surface area contributed by atoms with Crippen molar-refractivity contribution in [1.82, 2.24) is 0 Å². The highest BCUT2D eigenvalue weighted by Crippen LogP contribution is 2.31. The van der Waals surface area contributed by atoms with Crippen LogP contribution in [0.5, 0.6) is 0 Å². The first-order valence-electron chi connectivity index (χ1n) is 10.6. The minimum absolute atomic E-state index is 0.0152. The fourth-order valence-electron chi connectivity index (χ4n) is 3.77. The van der Waals surface area contributed by atoms with Gasteiger partial charge >= 0.3 is 11.9 Å². The van der Waals surface area contributed by atoms with Crippen LogP contribution in [0.2, 0.25) is 0 Å². The molecule has 0 aromatic carbocycles. The number of carbonyl (C=O) groups is 2. The molecule has 5 nitrogen and oxygen atoms in total. The van der Waals surface area contributed by atoms with Crippen molar-refractivity contribution in [3.8, 4) is 0 Å². The van der Waals surface area contributed by atoms with Gasteiger partial charge in [-0.05, 0) is 19.3 Å². The summed E-state index contributed by atoms with van der Waals surface area (Å²) in [4.78, 5) is 23.4. The Morgan fingerprint density at radius 1 is 0.923 bits per heavy atom. The second-order valence-electron chi connectivity index (χ2n) is 7.74. The van der Waals surface area contributed by atoms with Crippen molar-refractivity contribution in [3.63, 3.8) is 0 Å². The fourth-order valence-corrected chi connectivity index (χ4v) is 3.77. The molecule has 0 radical (unpaired) electrons. The molecule has 26 heavy (non-hydrogen) atoms. The monoisotopic (exact) mass is 370 g/mol. The quantitative estimate of drug-likeness (QED) is 0.342. The van der Waals surface area contributed by atoms with E-state index in [-0.39, 0.29) is 6.61 Å². The lowest BCUT2D eigenvalue weighted by Crippen LogP contribution is -2.35. The number of esters is 1. The number of ether oxygens (including phenoxy) is 1. The third-order valence-corrected chi connectivity index (χ3v) is 5.44. The van der Waals surface area contributed by atoms with Gasteiger partial charge in [-0.1, -0.05) is 77.6 Å². The zero-order chi connectivity index (χ0) is 19.2. The molecule has 1 rings (SSSR count). The van der Waals surface area contributed by atoms with Crippen molar-refractivity contribution in [2.45, 2.75) is 103 Å². The van der Waals surface area contributed by atoms with Gasteiger partial charge in [-0.15, -0.1) is 0 Å². The van der Waals surface area contributed by atoms with Gasteiger partial charge in [-0.2, -0.15) is 0 Å². The lowest BCUT2D eigenvalue weighted by Gasteiger charge is -2.27. The SMILES string of the molecule is CCCCCCCCCCCC(O)COC(=O)C1CCCCC1C(=O)O. The molecule has 5 heteroatoms. The van der Waals surface area contributed by atoms with E-state index < -0.39 is 29.9 Å². The van der Waals surface area contributed by atoms with Crippen LogP contribution in [0.25, 0.3) is 0 Å². The lowest BCUT2D eigenvalue weighted by molar-refractivity contribution is -0.161. The Labute approximate surface area is 158 Å². The molecule has 2 N–H and O–H groups in total. The Morgan fingerprint density at radius 3 is 2.04 bits per heavy atom. The molecule has 0 spiro atoms. The minimum Gasteiger partial charge on any atom is -0.481 e. The number of aliphatic carboxylic acids is 1. The molecule has 3 atom stereocenters. The van der Waals surface area contributed by atoms with Gasteiger partial charge in [0.15, 0.2) is 0 Å². The average molecular weight is 371 g/mol. The number of carboxylic acids is 1. The number of unbranched alkanes of at least 4 members (excludes halogenated alkanes) is 8. The standard InChI is InChI=1S/C21H38O5/c1-2-3-4-5-6-7-8-9-10-13-17(22)16-26-21(25)19-15-12-11-14-18(19)20(23)24/h17-19,22H,2-16H2,1H3,(H,23,24). The predicted molar refractivity (Wildman–Crippen MR) is 102 cm³/mol. The summed E-state index contributed by atoms with van der Waals surface area (Å²) in [5, 5.41) is 19.2. The van der Waals surface area contributed by atoms with Crippen molar-refractivity contribution in [2.75, 3.05) is 6.61 Å². The molecule has 0 aromatic heterocycles. The van der Waals surface area contributed by atoms with Gasteiger partial charge in [0.2, 0.25) is 0 Å².